The van der Waals surface area contributed by atoms with Crippen molar-refractivity contribution in [2.75, 3.05) is 41.0 Å². The zero-order valence-corrected chi connectivity index (χ0v) is 19.9. The molecule has 0 aromatic heterocycles. The number of amides is 2. The highest BCUT2D eigenvalue weighted by Gasteiger charge is 2.38. The van der Waals surface area contributed by atoms with Crippen LogP contribution in [-0.4, -0.2) is 68.5 Å². The first kappa shape index (κ1) is 23.8. The number of nitrogens with zero attached hydrogens (tertiary/aromatic N) is 3. The first-order chi connectivity index (χ1) is 16.5. The summed E-state index contributed by atoms with van der Waals surface area (Å²) in [6.07, 6.45) is 2.28. The fourth-order valence-corrected chi connectivity index (χ4v) is 4.19. The summed E-state index contributed by atoms with van der Waals surface area (Å²) in [7, 11) is 4.82. The molecule has 8 heteroatoms. The van der Waals surface area contributed by atoms with E-state index < -0.39 is 0 Å². The van der Waals surface area contributed by atoms with Gasteiger partial charge in [0, 0.05) is 37.1 Å². The molecule has 0 N–H and O–H groups in total. The molecule has 2 aromatic carbocycles. The second-order valence-corrected chi connectivity index (χ2v) is 8.51. The summed E-state index contributed by atoms with van der Waals surface area (Å²) in [5.74, 6) is 1.20. The van der Waals surface area contributed by atoms with Crippen LogP contribution in [0.25, 0.3) is 0 Å². The van der Waals surface area contributed by atoms with Crippen molar-refractivity contribution in [3.63, 3.8) is 0 Å². The molecular formula is C26H31N3O5. The predicted octanol–water partition coefficient (Wildman–Crippen LogP) is 3.27. The van der Waals surface area contributed by atoms with Crippen LogP contribution in [0.4, 0.5) is 0 Å². The lowest BCUT2D eigenvalue weighted by Gasteiger charge is -2.27. The van der Waals surface area contributed by atoms with Gasteiger partial charge in [-0.1, -0.05) is 30.3 Å². The molecule has 1 atom stereocenters. The molecule has 0 saturated heterocycles. The molecule has 8 nitrogen and oxygen atoms in total. The van der Waals surface area contributed by atoms with Gasteiger partial charge in [-0.25, -0.2) is 5.01 Å². The first-order valence-electron chi connectivity index (χ1n) is 11.5. The third kappa shape index (κ3) is 5.22. The quantitative estimate of drug-likeness (QED) is 0.538. The van der Waals surface area contributed by atoms with Gasteiger partial charge in [0.05, 0.1) is 32.6 Å². The largest absolute Gasteiger partial charge is 0.497 e. The van der Waals surface area contributed by atoms with E-state index in [4.69, 9.17) is 19.3 Å². The van der Waals surface area contributed by atoms with Crippen LogP contribution in [0.15, 0.2) is 53.6 Å². The Hall–Kier alpha value is -3.39. The summed E-state index contributed by atoms with van der Waals surface area (Å²) < 4.78 is 16.1. The molecule has 1 unspecified atom stereocenters. The molecule has 34 heavy (non-hydrogen) atoms. The van der Waals surface area contributed by atoms with Gasteiger partial charge in [-0.15, -0.1) is 0 Å². The lowest BCUT2D eigenvalue weighted by Crippen LogP contribution is -2.43. The van der Waals surface area contributed by atoms with Gasteiger partial charge in [0.2, 0.25) is 5.91 Å². The Bertz CT molecular complexity index is 1070. The van der Waals surface area contributed by atoms with E-state index in [2.05, 4.69) is 0 Å². The van der Waals surface area contributed by atoms with Crippen molar-refractivity contribution >= 4 is 17.5 Å². The van der Waals surface area contributed by atoms with Crippen molar-refractivity contribution in [1.82, 2.24) is 9.91 Å². The maximum absolute atomic E-state index is 13.6. The van der Waals surface area contributed by atoms with Crippen LogP contribution in [0.3, 0.4) is 0 Å². The van der Waals surface area contributed by atoms with E-state index in [0.29, 0.717) is 25.3 Å². The number of hydrogen-bond donors (Lipinski definition) is 0. The first-order valence-corrected chi connectivity index (χ1v) is 11.5. The lowest BCUT2D eigenvalue weighted by molar-refractivity contribution is -0.142. The van der Waals surface area contributed by atoms with Gasteiger partial charge < -0.3 is 19.1 Å². The van der Waals surface area contributed by atoms with Crippen LogP contribution in [0.5, 0.6) is 11.5 Å². The Kier molecular flexibility index (Phi) is 7.47. The van der Waals surface area contributed by atoms with Crippen molar-refractivity contribution in [3.8, 4) is 11.5 Å². The van der Waals surface area contributed by atoms with Gasteiger partial charge in [0.1, 0.15) is 18.0 Å². The molecule has 180 valence electrons. The van der Waals surface area contributed by atoms with E-state index in [1.165, 1.54) is 5.01 Å². The number of carbonyl (C=O) groups is 2. The number of rotatable bonds is 10. The van der Waals surface area contributed by atoms with Gasteiger partial charge in [0.25, 0.3) is 5.91 Å². The maximum atomic E-state index is 13.6. The standard InChI is InChI=1S/C26H31N3O5/c1-32-14-13-28(26(31)18-11-12-18)17-25(30)29-23(21-9-4-5-10-24(21)34-3)16-22(27-29)19-7-6-8-20(15-19)33-2/h4-10,15,18,23H,11-14,16-17H2,1-3H3. The van der Waals surface area contributed by atoms with E-state index >= 15 is 0 Å². The molecule has 1 saturated carbocycles. The van der Waals surface area contributed by atoms with Crippen LogP contribution < -0.4 is 9.47 Å². The molecule has 4 rings (SSSR count). The summed E-state index contributed by atoms with van der Waals surface area (Å²) in [6.45, 7) is 0.705. The highest BCUT2D eigenvalue weighted by molar-refractivity contribution is 6.03. The second kappa shape index (κ2) is 10.7. The molecule has 2 aliphatic rings. The monoisotopic (exact) mass is 465 g/mol. The molecule has 0 radical (unpaired) electrons. The minimum absolute atomic E-state index is 0.00966. The highest BCUT2D eigenvalue weighted by atomic mass is 16.5. The minimum Gasteiger partial charge on any atom is -0.497 e. The second-order valence-electron chi connectivity index (χ2n) is 8.51. The van der Waals surface area contributed by atoms with Gasteiger partial charge in [0.15, 0.2) is 0 Å². The third-order valence-electron chi connectivity index (χ3n) is 6.20. The number of hydrazone groups is 1. The maximum Gasteiger partial charge on any atom is 0.262 e. The van der Waals surface area contributed by atoms with Crippen LogP contribution in [0.1, 0.15) is 36.4 Å². The summed E-state index contributed by atoms with van der Waals surface area (Å²) in [6, 6.07) is 14.9. The molecule has 0 bridgehead atoms. The number of hydrogen-bond acceptors (Lipinski definition) is 6. The zero-order chi connectivity index (χ0) is 24.1. The molecule has 2 amide bonds. The van der Waals surface area contributed by atoms with E-state index in [9.17, 15) is 9.59 Å². The number of ether oxygens (including phenoxy) is 3. The van der Waals surface area contributed by atoms with Crippen molar-refractivity contribution in [2.45, 2.75) is 25.3 Å². The van der Waals surface area contributed by atoms with Gasteiger partial charge >= 0.3 is 0 Å². The lowest BCUT2D eigenvalue weighted by atomic mass is 9.97. The third-order valence-corrected chi connectivity index (χ3v) is 6.20. The zero-order valence-electron chi connectivity index (χ0n) is 19.9. The number of carbonyl (C=O) groups excluding carboxylic acids is 2. The Labute approximate surface area is 200 Å². The van der Waals surface area contributed by atoms with Crippen molar-refractivity contribution < 1.29 is 23.8 Å². The average molecular weight is 466 g/mol. The fraction of sp³-hybridized carbons (Fsp3) is 0.423. The van der Waals surface area contributed by atoms with Crippen molar-refractivity contribution in [3.05, 3.63) is 59.7 Å². The number of benzene rings is 2. The topological polar surface area (TPSA) is 80.7 Å². The van der Waals surface area contributed by atoms with Crippen molar-refractivity contribution in [2.24, 2.45) is 11.0 Å². The van der Waals surface area contributed by atoms with Gasteiger partial charge in [-0.2, -0.15) is 5.10 Å². The van der Waals surface area contributed by atoms with Crippen LogP contribution in [0.2, 0.25) is 0 Å². The summed E-state index contributed by atoms with van der Waals surface area (Å²) in [5, 5.41) is 6.25. The summed E-state index contributed by atoms with van der Waals surface area (Å²) in [4.78, 5) is 28.0. The molecular weight excluding hydrogens is 434 g/mol. The van der Waals surface area contributed by atoms with Crippen molar-refractivity contribution in [1.29, 1.82) is 0 Å². The molecule has 1 heterocycles. The van der Waals surface area contributed by atoms with E-state index in [-0.39, 0.29) is 30.3 Å². The minimum atomic E-state index is -0.342. The Morgan fingerprint density at radius 1 is 1.06 bits per heavy atom. The van der Waals surface area contributed by atoms with E-state index in [1.54, 1.807) is 26.2 Å². The number of para-hydroxylation sites is 1. The van der Waals surface area contributed by atoms with Gasteiger partial charge in [-0.05, 0) is 31.0 Å². The van der Waals surface area contributed by atoms with Crippen LogP contribution >= 0.6 is 0 Å². The molecule has 1 aliphatic carbocycles. The van der Waals surface area contributed by atoms with Crippen LogP contribution in [-0.2, 0) is 14.3 Å². The smallest absolute Gasteiger partial charge is 0.262 e. The average Bonchev–Trinajstić information content (AvgIpc) is 3.63. The predicted molar refractivity (Wildman–Crippen MR) is 128 cm³/mol. The summed E-state index contributed by atoms with van der Waals surface area (Å²) in [5.41, 5.74) is 2.54. The normalized spacial score (nSPS) is 17.3. The van der Waals surface area contributed by atoms with Gasteiger partial charge in [-0.3, -0.25) is 9.59 Å². The van der Waals surface area contributed by atoms with E-state index in [1.807, 2.05) is 48.5 Å². The Morgan fingerprint density at radius 3 is 2.56 bits per heavy atom. The Morgan fingerprint density at radius 2 is 1.85 bits per heavy atom. The fourth-order valence-electron chi connectivity index (χ4n) is 4.19. The highest BCUT2D eigenvalue weighted by Crippen LogP contribution is 2.38. The number of methoxy groups -OCH3 is 3. The van der Waals surface area contributed by atoms with E-state index in [0.717, 1.165) is 35.4 Å². The molecule has 1 aliphatic heterocycles. The Balaban J connectivity index is 1.64. The molecule has 0 spiro atoms. The molecule has 1 fully saturated rings. The van der Waals surface area contributed by atoms with Crippen LogP contribution in [0, 0.1) is 5.92 Å². The molecule has 2 aromatic rings. The summed E-state index contributed by atoms with van der Waals surface area (Å²) >= 11 is 0. The SMILES string of the molecule is COCCN(CC(=O)N1N=C(c2cccc(OC)c2)CC1c1ccccc1OC)C(=O)C1CC1.